The minimum Gasteiger partial charge on any atom is -0.497 e. The maximum absolute atomic E-state index is 12.0. The number of anilines is 1. The summed E-state index contributed by atoms with van der Waals surface area (Å²) in [5, 5.41) is 2.82. The van der Waals surface area contributed by atoms with Crippen molar-refractivity contribution in [2.75, 3.05) is 12.4 Å². The number of methoxy groups -OCH3 is 1. The van der Waals surface area contributed by atoms with Crippen molar-refractivity contribution >= 4 is 11.6 Å². The summed E-state index contributed by atoms with van der Waals surface area (Å²) >= 11 is 0. The number of carbonyl (C=O) groups is 1. The Morgan fingerprint density at radius 1 is 1.41 bits per heavy atom. The van der Waals surface area contributed by atoms with Gasteiger partial charge in [-0.05, 0) is 25.0 Å². The van der Waals surface area contributed by atoms with Crippen LogP contribution in [0.3, 0.4) is 0 Å². The standard InChI is InChI=1S/C13H20N2O2/c1-4-13(14,5-2)12(16)15-10-7-6-8-11(9-10)17-3/h6-9H,4-5,14H2,1-3H3,(H,15,16). The molecule has 0 aliphatic carbocycles. The van der Waals surface area contributed by atoms with Crippen molar-refractivity contribution in [1.29, 1.82) is 0 Å². The molecule has 0 bridgehead atoms. The first-order valence-electron chi connectivity index (χ1n) is 5.80. The zero-order chi connectivity index (χ0) is 12.9. The fourth-order valence-electron chi connectivity index (χ4n) is 1.53. The fraction of sp³-hybridized carbons (Fsp3) is 0.462. The van der Waals surface area contributed by atoms with E-state index in [0.717, 1.165) is 0 Å². The largest absolute Gasteiger partial charge is 0.497 e. The van der Waals surface area contributed by atoms with Crippen molar-refractivity contribution in [2.24, 2.45) is 5.73 Å². The van der Waals surface area contributed by atoms with E-state index in [2.05, 4.69) is 5.32 Å². The van der Waals surface area contributed by atoms with Gasteiger partial charge in [0, 0.05) is 11.8 Å². The zero-order valence-corrected chi connectivity index (χ0v) is 10.6. The lowest BCUT2D eigenvalue weighted by molar-refractivity contribution is -0.121. The first kappa shape index (κ1) is 13.5. The van der Waals surface area contributed by atoms with Gasteiger partial charge < -0.3 is 15.8 Å². The Morgan fingerprint density at radius 3 is 2.59 bits per heavy atom. The smallest absolute Gasteiger partial charge is 0.244 e. The average Bonchev–Trinajstić information content (AvgIpc) is 2.37. The monoisotopic (exact) mass is 236 g/mol. The molecule has 1 amide bonds. The number of nitrogens with two attached hydrogens (primary N) is 1. The van der Waals surface area contributed by atoms with Crippen LogP contribution in [0.5, 0.6) is 5.75 Å². The normalized spacial score (nSPS) is 11.1. The second-order valence-electron chi connectivity index (χ2n) is 4.05. The maximum Gasteiger partial charge on any atom is 0.244 e. The van der Waals surface area contributed by atoms with Gasteiger partial charge in [0.1, 0.15) is 5.75 Å². The van der Waals surface area contributed by atoms with Gasteiger partial charge in [-0.2, -0.15) is 0 Å². The van der Waals surface area contributed by atoms with Crippen molar-refractivity contribution in [3.8, 4) is 5.75 Å². The van der Waals surface area contributed by atoms with E-state index in [1.807, 2.05) is 32.0 Å². The van der Waals surface area contributed by atoms with Gasteiger partial charge in [-0.15, -0.1) is 0 Å². The predicted molar refractivity (Wildman–Crippen MR) is 69.1 cm³/mol. The van der Waals surface area contributed by atoms with Gasteiger partial charge in [-0.1, -0.05) is 19.9 Å². The molecule has 0 aliphatic rings. The second kappa shape index (κ2) is 5.68. The number of carbonyl (C=O) groups excluding carboxylic acids is 1. The van der Waals surface area contributed by atoms with Gasteiger partial charge in [0.05, 0.1) is 12.6 Å². The van der Waals surface area contributed by atoms with Crippen molar-refractivity contribution < 1.29 is 9.53 Å². The van der Waals surface area contributed by atoms with E-state index >= 15 is 0 Å². The lowest BCUT2D eigenvalue weighted by Gasteiger charge is -2.25. The van der Waals surface area contributed by atoms with Crippen LogP contribution in [-0.2, 0) is 4.79 Å². The van der Waals surface area contributed by atoms with Crippen LogP contribution in [-0.4, -0.2) is 18.6 Å². The molecule has 0 aliphatic heterocycles. The summed E-state index contributed by atoms with van der Waals surface area (Å²) in [6, 6.07) is 7.23. The summed E-state index contributed by atoms with van der Waals surface area (Å²) in [6.45, 7) is 3.82. The van der Waals surface area contributed by atoms with Gasteiger partial charge in [-0.3, -0.25) is 4.79 Å². The Balaban J connectivity index is 2.80. The molecule has 0 radical (unpaired) electrons. The average molecular weight is 236 g/mol. The van der Waals surface area contributed by atoms with Crippen LogP contribution in [0.4, 0.5) is 5.69 Å². The molecule has 1 rings (SSSR count). The number of benzene rings is 1. The topological polar surface area (TPSA) is 64.4 Å². The van der Waals surface area contributed by atoms with Gasteiger partial charge in [0.2, 0.25) is 5.91 Å². The van der Waals surface area contributed by atoms with Gasteiger partial charge in [0.25, 0.3) is 0 Å². The van der Waals surface area contributed by atoms with Crippen molar-refractivity contribution in [3.63, 3.8) is 0 Å². The van der Waals surface area contributed by atoms with E-state index in [1.54, 1.807) is 13.2 Å². The Bertz CT molecular complexity index is 387. The van der Waals surface area contributed by atoms with E-state index in [0.29, 0.717) is 24.3 Å². The molecule has 3 N–H and O–H groups in total. The fourth-order valence-corrected chi connectivity index (χ4v) is 1.53. The molecule has 1 aromatic carbocycles. The number of hydrogen-bond donors (Lipinski definition) is 2. The molecule has 0 unspecified atom stereocenters. The Labute approximate surface area is 102 Å². The highest BCUT2D eigenvalue weighted by atomic mass is 16.5. The highest BCUT2D eigenvalue weighted by Crippen LogP contribution is 2.19. The molecule has 0 saturated heterocycles. The minimum atomic E-state index is -0.803. The van der Waals surface area contributed by atoms with Crippen molar-refractivity contribution in [1.82, 2.24) is 0 Å². The van der Waals surface area contributed by atoms with Crippen LogP contribution >= 0.6 is 0 Å². The number of nitrogens with one attached hydrogen (secondary N) is 1. The molecular formula is C13H20N2O2. The van der Waals surface area contributed by atoms with Crippen LogP contribution in [0, 0.1) is 0 Å². The van der Waals surface area contributed by atoms with E-state index in [4.69, 9.17) is 10.5 Å². The quantitative estimate of drug-likeness (QED) is 0.823. The summed E-state index contributed by atoms with van der Waals surface area (Å²) < 4.78 is 5.09. The van der Waals surface area contributed by atoms with Crippen LogP contribution in [0.1, 0.15) is 26.7 Å². The van der Waals surface area contributed by atoms with E-state index < -0.39 is 5.54 Å². The second-order valence-corrected chi connectivity index (χ2v) is 4.05. The molecule has 0 aromatic heterocycles. The van der Waals surface area contributed by atoms with Gasteiger partial charge >= 0.3 is 0 Å². The minimum absolute atomic E-state index is 0.157. The molecule has 4 nitrogen and oxygen atoms in total. The third kappa shape index (κ3) is 3.20. The first-order chi connectivity index (χ1) is 8.05. The highest BCUT2D eigenvalue weighted by molar-refractivity contribution is 5.98. The summed E-state index contributed by atoms with van der Waals surface area (Å²) in [5.74, 6) is 0.550. The molecule has 0 spiro atoms. The number of rotatable bonds is 5. The maximum atomic E-state index is 12.0. The Morgan fingerprint density at radius 2 is 2.06 bits per heavy atom. The first-order valence-corrected chi connectivity index (χ1v) is 5.80. The lowest BCUT2D eigenvalue weighted by atomic mass is 9.93. The number of amides is 1. The Hall–Kier alpha value is -1.55. The predicted octanol–water partition coefficient (Wildman–Crippen LogP) is 2.15. The SMILES string of the molecule is CCC(N)(CC)C(=O)Nc1cccc(OC)c1. The highest BCUT2D eigenvalue weighted by Gasteiger charge is 2.29. The molecule has 94 valence electrons. The summed E-state index contributed by atoms with van der Waals surface area (Å²) in [7, 11) is 1.59. The summed E-state index contributed by atoms with van der Waals surface area (Å²) in [6.07, 6.45) is 1.22. The summed E-state index contributed by atoms with van der Waals surface area (Å²) in [5.41, 5.74) is 5.91. The van der Waals surface area contributed by atoms with Crippen LogP contribution in [0.2, 0.25) is 0 Å². The molecule has 1 aromatic rings. The third-order valence-electron chi connectivity index (χ3n) is 3.04. The van der Waals surface area contributed by atoms with Crippen molar-refractivity contribution in [2.45, 2.75) is 32.2 Å². The number of ether oxygens (including phenoxy) is 1. The third-order valence-corrected chi connectivity index (χ3v) is 3.04. The number of hydrogen-bond acceptors (Lipinski definition) is 3. The van der Waals surface area contributed by atoms with Crippen LogP contribution in [0.25, 0.3) is 0 Å². The molecule has 0 heterocycles. The molecule has 4 heteroatoms. The lowest BCUT2D eigenvalue weighted by Crippen LogP contribution is -2.50. The van der Waals surface area contributed by atoms with Gasteiger partial charge in [-0.25, -0.2) is 0 Å². The van der Waals surface area contributed by atoms with E-state index in [9.17, 15) is 4.79 Å². The van der Waals surface area contributed by atoms with E-state index in [1.165, 1.54) is 0 Å². The van der Waals surface area contributed by atoms with Crippen LogP contribution < -0.4 is 15.8 Å². The Kier molecular flexibility index (Phi) is 4.52. The summed E-state index contributed by atoms with van der Waals surface area (Å²) in [4.78, 5) is 12.0. The molecule has 0 atom stereocenters. The van der Waals surface area contributed by atoms with Crippen molar-refractivity contribution in [3.05, 3.63) is 24.3 Å². The van der Waals surface area contributed by atoms with Gasteiger partial charge in [0.15, 0.2) is 0 Å². The molecule has 0 saturated carbocycles. The zero-order valence-electron chi connectivity index (χ0n) is 10.6. The molecular weight excluding hydrogens is 216 g/mol. The molecule has 0 fully saturated rings. The van der Waals surface area contributed by atoms with E-state index in [-0.39, 0.29) is 5.91 Å². The molecule has 17 heavy (non-hydrogen) atoms. The van der Waals surface area contributed by atoms with Crippen LogP contribution in [0.15, 0.2) is 24.3 Å².